The van der Waals surface area contributed by atoms with Crippen LogP contribution in [0.15, 0.2) is 35.5 Å². The Morgan fingerprint density at radius 3 is 3.06 bits per heavy atom. The average Bonchev–Trinajstić information content (AvgIpc) is 2.66. The van der Waals surface area contributed by atoms with E-state index in [9.17, 15) is 4.79 Å². The van der Waals surface area contributed by atoms with Crippen LogP contribution in [0, 0.1) is 11.3 Å². The van der Waals surface area contributed by atoms with Crippen molar-refractivity contribution in [1.29, 1.82) is 0 Å². The van der Waals surface area contributed by atoms with Crippen molar-refractivity contribution in [2.75, 3.05) is 6.61 Å². The third-order valence-electron chi connectivity index (χ3n) is 4.59. The fourth-order valence-electron chi connectivity index (χ4n) is 3.52. The summed E-state index contributed by atoms with van der Waals surface area (Å²) < 4.78 is 5.88. The summed E-state index contributed by atoms with van der Waals surface area (Å²) >= 11 is 0. The number of allylic oxidation sites excluding steroid dienone is 3. The van der Waals surface area contributed by atoms with E-state index in [1.165, 1.54) is 11.1 Å². The molecule has 2 heteroatoms. The molecule has 3 rings (SSSR count). The van der Waals surface area contributed by atoms with E-state index < -0.39 is 0 Å². The Morgan fingerprint density at radius 2 is 2.29 bits per heavy atom. The third-order valence-corrected chi connectivity index (χ3v) is 4.59. The number of carbonyl (C=O) groups is 1. The molecule has 0 bridgehead atoms. The Morgan fingerprint density at radius 1 is 1.53 bits per heavy atom. The Kier molecular flexibility index (Phi) is 2.21. The zero-order chi connectivity index (χ0) is 12.2. The van der Waals surface area contributed by atoms with E-state index in [0.29, 0.717) is 12.5 Å². The molecule has 0 aromatic rings. The Labute approximate surface area is 102 Å². The Balaban J connectivity index is 2.11. The van der Waals surface area contributed by atoms with Gasteiger partial charge in [-0.05, 0) is 42.6 Å². The fraction of sp³-hybridized carbons (Fsp3) is 0.533. The molecule has 0 radical (unpaired) electrons. The highest BCUT2D eigenvalue weighted by molar-refractivity contribution is 6.05. The molecule has 0 aromatic carbocycles. The molecule has 2 fully saturated rings. The maximum Gasteiger partial charge on any atom is 0.181 e. The highest BCUT2D eigenvalue weighted by atomic mass is 16.5. The van der Waals surface area contributed by atoms with E-state index in [1.807, 2.05) is 6.92 Å². The van der Waals surface area contributed by atoms with Crippen LogP contribution in [-0.2, 0) is 9.53 Å². The summed E-state index contributed by atoms with van der Waals surface area (Å²) in [7, 11) is 0. The van der Waals surface area contributed by atoms with Crippen LogP contribution in [0.4, 0.5) is 0 Å². The smallest absolute Gasteiger partial charge is 0.181 e. The number of ketones is 1. The van der Waals surface area contributed by atoms with Gasteiger partial charge in [0, 0.05) is 11.3 Å². The third kappa shape index (κ3) is 1.40. The van der Waals surface area contributed by atoms with E-state index in [4.69, 9.17) is 4.74 Å². The molecule has 0 aromatic heterocycles. The van der Waals surface area contributed by atoms with Gasteiger partial charge >= 0.3 is 0 Å². The van der Waals surface area contributed by atoms with Crippen LogP contribution in [0.2, 0.25) is 0 Å². The quantitative estimate of drug-likeness (QED) is 0.598. The summed E-state index contributed by atoms with van der Waals surface area (Å²) in [4.78, 5) is 11.8. The predicted octanol–water partition coefficient (Wildman–Crippen LogP) is 2.81. The first-order valence-electron chi connectivity index (χ1n) is 6.27. The minimum absolute atomic E-state index is 0.0176. The zero-order valence-electron chi connectivity index (χ0n) is 10.5. The molecule has 90 valence electrons. The minimum atomic E-state index is 0.0176. The molecular weight excluding hydrogens is 212 g/mol. The number of hydrogen-bond acceptors (Lipinski definition) is 2. The van der Waals surface area contributed by atoms with E-state index in [2.05, 4.69) is 19.6 Å². The molecule has 3 aliphatic rings. The molecule has 3 unspecified atom stereocenters. The number of hydrogen-bond donors (Lipinski definition) is 0. The number of fused-ring (bicyclic) bond motifs is 3. The maximum atomic E-state index is 11.8. The molecule has 3 atom stereocenters. The van der Waals surface area contributed by atoms with Gasteiger partial charge in [-0.3, -0.25) is 4.79 Å². The molecule has 2 nitrogen and oxygen atoms in total. The van der Waals surface area contributed by atoms with Crippen molar-refractivity contribution in [2.24, 2.45) is 11.3 Å². The molecular formula is C15H18O2. The predicted molar refractivity (Wildman–Crippen MR) is 66.6 cm³/mol. The molecule has 1 saturated carbocycles. The van der Waals surface area contributed by atoms with E-state index in [1.54, 1.807) is 6.08 Å². The van der Waals surface area contributed by atoms with Gasteiger partial charge in [0.1, 0.15) is 0 Å². The normalized spacial score (nSPS) is 40.6. The second kappa shape index (κ2) is 3.42. The first kappa shape index (κ1) is 11.0. The van der Waals surface area contributed by atoms with Crippen LogP contribution >= 0.6 is 0 Å². The molecule has 1 aliphatic heterocycles. The topological polar surface area (TPSA) is 26.3 Å². The first-order valence-corrected chi connectivity index (χ1v) is 6.27. The molecule has 0 N–H and O–H groups in total. The van der Waals surface area contributed by atoms with Gasteiger partial charge in [-0.1, -0.05) is 19.6 Å². The van der Waals surface area contributed by atoms with Crippen LogP contribution in [0.5, 0.6) is 0 Å². The van der Waals surface area contributed by atoms with Crippen molar-refractivity contribution in [3.8, 4) is 0 Å². The van der Waals surface area contributed by atoms with Gasteiger partial charge in [-0.2, -0.15) is 0 Å². The highest BCUT2D eigenvalue weighted by Gasteiger charge is 2.47. The van der Waals surface area contributed by atoms with Gasteiger partial charge in [-0.25, -0.2) is 0 Å². The molecule has 1 saturated heterocycles. The molecule has 2 aliphatic carbocycles. The van der Waals surface area contributed by atoms with Crippen LogP contribution in [-0.4, -0.2) is 18.5 Å². The van der Waals surface area contributed by atoms with Gasteiger partial charge in [0.25, 0.3) is 0 Å². The SMILES string of the molecule is C=C1COC2C3=C(C)C(=O)C=CC3(C)CCC12. The van der Waals surface area contributed by atoms with Gasteiger partial charge in [-0.15, -0.1) is 0 Å². The first-order chi connectivity index (χ1) is 8.03. The molecule has 0 amide bonds. The summed E-state index contributed by atoms with van der Waals surface area (Å²) in [6.07, 6.45) is 6.10. The van der Waals surface area contributed by atoms with Crippen LogP contribution in [0.3, 0.4) is 0 Å². The average molecular weight is 230 g/mol. The number of carbonyl (C=O) groups excluding carboxylic acids is 1. The van der Waals surface area contributed by atoms with Crippen molar-refractivity contribution in [3.63, 3.8) is 0 Å². The van der Waals surface area contributed by atoms with Crippen molar-refractivity contribution in [1.82, 2.24) is 0 Å². The Bertz CT molecular complexity index is 469. The molecule has 1 heterocycles. The largest absolute Gasteiger partial charge is 0.369 e. The lowest BCUT2D eigenvalue weighted by Crippen LogP contribution is -2.39. The lowest BCUT2D eigenvalue weighted by molar-refractivity contribution is -0.111. The molecule has 0 spiro atoms. The monoisotopic (exact) mass is 230 g/mol. The maximum absolute atomic E-state index is 11.8. The van der Waals surface area contributed by atoms with Crippen molar-refractivity contribution in [2.45, 2.75) is 32.8 Å². The van der Waals surface area contributed by atoms with Crippen molar-refractivity contribution >= 4 is 5.78 Å². The van der Waals surface area contributed by atoms with E-state index >= 15 is 0 Å². The Hall–Kier alpha value is -1.15. The fourth-order valence-corrected chi connectivity index (χ4v) is 3.52. The van der Waals surface area contributed by atoms with Crippen LogP contribution in [0.1, 0.15) is 26.7 Å². The number of rotatable bonds is 0. The van der Waals surface area contributed by atoms with E-state index in [0.717, 1.165) is 18.4 Å². The van der Waals surface area contributed by atoms with Gasteiger partial charge in [0.15, 0.2) is 5.78 Å². The van der Waals surface area contributed by atoms with Crippen LogP contribution in [0.25, 0.3) is 0 Å². The van der Waals surface area contributed by atoms with Crippen molar-refractivity contribution in [3.05, 3.63) is 35.5 Å². The summed E-state index contributed by atoms with van der Waals surface area (Å²) in [5, 5.41) is 0. The lowest BCUT2D eigenvalue weighted by atomic mass is 9.62. The summed E-state index contributed by atoms with van der Waals surface area (Å²) in [5.41, 5.74) is 3.31. The van der Waals surface area contributed by atoms with Crippen LogP contribution < -0.4 is 0 Å². The standard InChI is InChI=1S/C15H18O2/c1-9-8-17-14-11(9)4-6-15(3)7-5-12(16)10(2)13(14)15/h5,7,11,14H,1,4,6,8H2,2-3H3. The second-order valence-electron chi connectivity index (χ2n) is 5.69. The van der Waals surface area contributed by atoms with E-state index in [-0.39, 0.29) is 17.3 Å². The summed E-state index contributed by atoms with van der Waals surface area (Å²) in [6, 6.07) is 0. The van der Waals surface area contributed by atoms with Gasteiger partial charge in [0.2, 0.25) is 0 Å². The zero-order valence-corrected chi connectivity index (χ0v) is 10.5. The van der Waals surface area contributed by atoms with Gasteiger partial charge < -0.3 is 4.74 Å². The number of ether oxygens (including phenoxy) is 1. The summed E-state index contributed by atoms with van der Waals surface area (Å²) in [5.74, 6) is 0.562. The second-order valence-corrected chi connectivity index (χ2v) is 5.69. The lowest BCUT2D eigenvalue weighted by Gasteiger charge is -2.43. The van der Waals surface area contributed by atoms with Gasteiger partial charge in [0.05, 0.1) is 12.7 Å². The molecule has 17 heavy (non-hydrogen) atoms. The van der Waals surface area contributed by atoms with Crippen molar-refractivity contribution < 1.29 is 9.53 Å². The minimum Gasteiger partial charge on any atom is -0.369 e. The summed E-state index contributed by atoms with van der Waals surface area (Å²) in [6.45, 7) is 8.90. The highest BCUT2D eigenvalue weighted by Crippen LogP contribution is 2.52.